The first-order valence-electron chi connectivity index (χ1n) is 8.76. The summed E-state index contributed by atoms with van der Waals surface area (Å²) in [4.78, 5) is 6.88. The van der Waals surface area contributed by atoms with Crippen LogP contribution < -0.4 is 5.32 Å². The van der Waals surface area contributed by atoms with Crippen LogP contribution in [0, 0.1) is 0 Å². The van der Waals surface area contributed by atoms with Crippen LogP contribution in [0.2, 0.25) is 0 Å². The number of likely N-dealkylation sites (tertiary alicyclic amines) is 1. The monoisotopic (exact) mass is 323 g/mol. The van der Waals surface area contributed by atoms with Crippen molar-refractivity contribution in [1.29, 1.82) is 0 Å². The molecule has 2 heterocycles. The van der Waals surface area contributed by atoms with Crippen LogP contribution in [-0.2, 0) is 13.5 Å². The van der Waals surface area contributed by atoms with E-state index in [9.17, 15) is 0 Å². The van der Waals surface area contributed by atoms with Gasteiger partial charge in [0.25, 0.3) is 0 Å². The summed E-state index contributed by atoms with van der Waals surface area (Å²) in [6, 6.07) is 8.75. The maximum atomic E-state index is 4.50. The van der Waals surface area contributed by atoms with Crippen molar-refractivity contribution in [3.05, 3.63) is 53.3 Å². The van der Waals surface area contributed by atoms with Crippen LogP contribution in [-0.4, -0.2) is 47.3 Å². The predicted molar refractivity (Wildman–Crippen MR) is 96.4 cm³/mol. The zero-order valence-corrected chi connectivity index (χ0v) is 14.4. The minimum Gasteiger partial charge on any atom is -0.356 e. The molecule has 0 amide bonds. The summed E-state index contributed by atoms with van der Waals surface area (Å²) in [5.74, 6) is 2.21. The van der Waals surface area contributed by atoms with Crippen molar-refractivity contribution in [3.63, 3.8) is 0 Å². The number of nitrogens with zero attached hydrogens (tertiary/aromatic N) is 4. The second kappa shape index (κ2) is 6.30. The molecular weight excluding hydrogens is 298 g/mol. The van der Waals surface area contributed by atoms with Gasteiger partial charge in [0.15, 0.2) is 5.96 Å². The molecule has 1 saturated heterocycles. The molecule has 5 nitrogen and oxygen atoms in total. The van der Waals surface area contributed by atoms with E-state index in [-0.39, 0.29) is 0 Å². The molecular formula is C19H25N5. The molecule has 0 bridgehead atoms. The zero-order chi connectivity index (χ0) is 16.5. The molecule has 5 heteroatoms. The highest BCUT2D eigenvalue weighted by molar-refractivity contribution is 5.80. The summed E-state index contributed by atoms with van der Waals surface area (Å²) < 4.78 is 1.89. The Morgan fingerprint density at radius 2 is 2.25 bits per heavy atom. The molecule has 126 valence electrons. The number of aromatic nitrogens is 2. The molecule has 4 rings (SSSR count). The van der Waals surface area contributed by atoms with E-state index in [0.717, 1.165) is 25.6 Å². The van der Waals surface area contributed by atoms with E-state index in [0.29, 0.717) is 11.8 Å². The summed E-state index contributed by atoms with van der Waals surface area (Å²) in [5.41, 5.74) is 4.33. The van der Waals surface area contributed by atoms with Crippen LogP contribution in [0.1, 0.15) is 34.9 Å². The highest BCUT2D eigenvalue weighted by Gasteiger charge is 2.29. The highest BCUT2D eigenvalue weighted by Crippen LogP contribution is 2.34. The molecule has 1 aliphatic heterocycles. The number of aryl methyl sites for hydroxylation is 1. The number of nitrogens with one attached hydrogen (secondary N) is 1. The minimum atomic E-state index is 0.557. The summed E-state index contributed by atoms with van der Waals surface area (Å²) in [6.45, 7) is 3.05. The summed E-state index contributed by atoms with van der Waals surface area (Å²) in [6.07, 6.45) is 6.47. The maximum absolute atomic E-state index is 4.50. The van der Waals surface area contributed by atoms with Crippen LogP contribution in [0.4, 0.5) is 0 Å². The molecule has 2 aliphatic rings. The first-order valence-corrected chi connectivity index (χ1v) is 8.76. The first-order chi connectivity index (χ1) is 11.7. The van der Waals surface area contributed by atoms with E-state index in [1.165, 1.54) is 29.5 Å². The quantitative estimate of drug-likeness (QED) is 0.695. The van der Waals surface area contributed by atoms with Crippen molar-refractivity contribution in [1.82, 2.24) is 20.0 Å². The largest absolute Gasteiger partial charge is 0.356 e. The lowest BCUT2D eigenvalue weighted by Crippen LogP contribution is -2.43. The zero-order valence-electron chi connectivity index (χ0n) is 14.4. The Balaban J connectivity index is 1.34. The second-order valence-electron chi connectivity index (χ2n) is 6.91. The molecule has 1 aromatic carbocycles. The van der Waals surface area contributed by atoms with Crippen molar-refractivity contribution in [3.8, 4) is 0 Å². The lowest BCUT2D eigenvalue weighted by atomic mass is 9.78. The predicted octanol–water partition coefficient (Wildman–Crippen LogP) is 2.12. The normalized spacial score (nSPS) is 23.1. The Bertz CT molecular complexity index is 748. The van der Waals surface area contributed by atoms with Crippen molar-refractivity contribution < 1.29 is 0 Å². The van der Waals surface area contributed by atoms with Crippen LogP contribution in [0.25, 0.3) is 0 Å². The number of guanidine groups is 1. The Hall–Kier alpha value is -2.30. The summed E-state index contributed by atoms with van der Waals surface area (Å²) in [7, 11) is 3.86. The van der Waals surface area contributed by atoms with Crippen LogP contribution >= 0.6 is 0 Å². The number of aliphatic imine (C=N–C) groups is 1. The molecule has 1 fully saturated rings. The van der Waals surface area contributed by atoms with Gasteiger partial charge in [-0.2, -0.15) is 5.10 Å². The van der Waals surface area contributed by atoms with Crippen molar-refractivity contribution >= 4 is 5.96 Å². The lowest BCUT2D eigenvalue weighted by molar-refractivity contribution is 0.474. The van der Waals surface area contributed by atoms with Gasteiger partial charge in [0.05, 0.1) is 6.20 Å². The van der Waals surface area contributed by atoms with Gasteiger partial charge in [-0.3, -0.25) is 9.67 Å². The fourth-order valence-electron chi connectivity index (χ4n) is 3.97. The van der Waals surface area contributed by atoms with E-state index in [1.807, 2.05) is 25.0 Å². The van der Waals surface area contributed by atoms with Gasteiger partial charge in [0.1, 0.15) is 0 Å². The standard InChI is InChI=1S/C19H25N5/c1-20-19(21-10-16-9-14-5-3-4-6-18(14)16)24-8-7-15(13-24)17-11-22-23(2)12-17/h3-6,11-12,15-16H,7-10,13H2,1-2H3,(H,20,21). The van der Waals surface area contributed by atoms with Gasteiger partial charge in [0.2, 0.25) is 0 Å². The minimum absolute atomic E-state index is 0.557. The molecule has 1 aliphatic carbocycles. The van der Waals surface area contributed by atoms with Gasteiger partial charge in [-0.25, -0.2) is 0 Å². The number of hydrogen-bond donors (Lipinski definition) is 1. The van der Waals surface area contributed by atoms with Gasteiger partial charge in [-0.05, 0) is 29.5 Å². The van der Waals surface area contributed by atoms with Crippen LogP contribution in [0.15, 0.2) is 41.7 Å². The summed E-state index contributed by atoms with van der Waals surface area (Å²) >= 11 is 0. The van der Waals surface area contributed by atoms with Crippen LogP contribution in [0.5, 0.6) is 0 Å². The third kappa shape index (κ3) is 2.79. The maximum Gasteiger partial charge on any atom is 0.193 e. The van der Waals surface area contributed by atoms with Crippen molar-refractivity contribution in [2.24, 2.45) is 12.0 Å². The third-order valence-electron chi connectivity index (χ3n) is 5.36. The molecule has 1 aromatic heterocycles. The Labute approximate surface area is 143 Å². The van der Waals surface area contributed by atoms with E-state index < -0.39 is 0 Å². The van der Waals surface area contributed by atoms with E-state index in [2.05, 4.69) is 50.8 Å². The molecule has 0 radical (unpaired) electrons. The molecule has 0 saturated carbocycles. The van der Waals surface area contributed by atoms with E-state index in [4.69, 9.17) is 0 Å². The lowest BCUT2D eigenvalue weighted by Gasteiger charge is -2.32. The Morgan fingerprint density at radius 1 is 1.38 bits per heavy atom. The van der Waals surface area contributed by atoms with E-state index >= 15 is 0 Å². The molecule has 0 spiro atoms. The van der Waals surface area contributed by atoms with Crippen molar-refractivity contribution in [2.45, 2.75) is 24.7 Å². The average molecular weight is 323 g/mol. The molecule has 24 heavy (non-hydrogen) atoms. The smallest absolute Gasteiger partial charge is 0.193 e. The third-order valence-corrected chi connectivity index (χ3v) is 5.36. The average Bonchev–Trinajstić information content (AvgIpc) is 3.21. The Kier molecular flexibility index (Phi) is 4.00. The SMILES string of the molecule is CN=C(NCC1Cc2ccccc21)N1CCC(c2cnn(C)c2)C1. The Morgan fingerprint density at radius 3 is 3.00 bits per heavy atom. The molecule has 2 unspecified atom stereocenters. The van der Waals surface area contributed by atoms with Crippen molar-refractivity contribution in [2.75, 3.05) is 26.7 Å². The number of fused-ring (bicyclic) bond motifs is 1. The topological polar surface area (TPSA) is 45.5 Å². The summed E-state index contributed by atoms with van der Waals surface area (Å²) in [5, 5.41) is 7.89. The van der Waals surface area contributed by atoms with Gasteiger partial charge < -0.3 is 10.2 Å². The van der Waals surface area contributed by atoms with Gasteiger partial charge in [-0.15, -0.1) is 0 Å². The first kappa shape index (κ1) is 15.2. The number of benzene rings is 1. The van der Waals surface area contributed by atoms with Gasteiger partial charge in [0, 0.05) is 51.8 Å². The fourth-order valence-corrected chi connectivity index (χ4v) is 3.97. The van der Waals surface area contributed by atoms with Gasteiger partial charge >= 0.3 is 0 Å². The molecule has 1 N–H and O–H groups in total. The van der Waals surface area contributed by atoms with E-state index in [1.54, 1.807) is 0 Å². The van der Waals surface area contributed by atoms with Gasteiger partial charge in [-0.1, -0.05) is 24.3 Å². The second-order valence-corrected chi connectivity index (χ2v) is 6.91. The fraction of sp³-hybridized carbons (Fsp3) is 0.474. The number of hydrogen-bond acceptors (Lipinski definition) is 2. The van der Waals surface area contributed by atoms with Crippen LogP contribution in [0.3, 0.4) is 0 Å². The number of rotatable bonds is 3. The highest BCUT2D eigenvalue weighted by atomic mass is 15.3. The molecule has 2 atom stereocenters. The molecule has 2 aromatic rings.